The standard InChI is InChI=1S/C15H18N2O2S/c1-11-5-3-6-12(2)15(11)17-20(18,19)10-13-7-4-8-14(16)9-13/h3-9,17H,10,16H2,1-2H3. The molecule has 0 aliphatic heterocycles. The van der Waals surface area contributed by atoms with Crippen molar-refractivity contribution >= 4 is 21.4 Å². The molecule has 106 valence electrons. The quantitative estimate of drug-likeness (QED) is 0.850. The van der Waals surface area contributed by atoms with Crippen molar-refractivity contribution in [3.8, 4) is 0 Å². The summed E-state index contributed by atoms with van der Waals surface area (Å²) in [5.74, 6) is -0.0915. The number of para-hydroxylation sites is 1. The zero-order valence-corrected chi connectivity index (χ0v) is 12.4. The number of nitrogen functional groups attached to an aromatic ring is 1. The average molecular weight is 290 g/mol. The molecule has 0 aliphatic carbocycles. The van der Waals surface area contributed by atoms with Crippen LogP contribution in [0.1, 0.15) is 16.7 Å². The van der Waals surface area contributed by atoms with E-state index in [2.05, 4.69) is 4.72 Å². The normalized spacial score (nSPS) is 11.3. The van der Waals surface area contributed by atoms with Gasteiger partial charge in [0.05, 0.1) is 11.4 Å². The van der Waals surface area contributed by atoms with Gasteiger partial charge in [0.15, 0.2) is 0 Å². The van der Waals surface area contributed by atoms with Crippen LogP contribution in [0.3, 0.4) is 0 Å². The van der Waals surface area contributed by atoms with Gasteiger partial charge in [-0.25, -0.2) is 8.42 Å². The van der Waals surface area contributed by atoms with Gasteiger partial charge >= 0.3 is 0 Å². The Hall–Kier alpha value is -2.01. The van der Waals surface area contributed by atoms with E-state index >= 15 is 0 Å². The highest BCUT2D eigenvalue weighted by molar-refractivity contribution is 7.91. The molecule has 0 spiro atoms. The molecular formula is C15H18N2O2S. The van der Waals surface area contributed by atoms with Gasteiger partial charge in [0.1, 0.15) is 0 Å². The average Bonchev–Trinajstić information content (AvgIpc) is 2.33. The van der Waals surface area contributed by atoms with Gasteiger partial charge in [-0.3, -0.25) is 4.72 Å². The third kappa shape index (κ3) is 3.51. The first-order valence-electron chi connectivity index (χ1n) is 6.28. The molecule has 4 nitrogen and oxygen atoms in total. The topological polar surface area (TPSA) is 72.2 Å². The summed E-state index contributed by atoms with van der Waals surface area (Å²) in [6.45, 7) is 3.76. The maximum Gasteiger partial charge on any atom is 0.236 e. The largest absolute Gasteiger partial charge is 0.399 e. The van der Waals surface area contributed by atoms with Gasteiger partial charge < -0.3 is 5.73 Å². The molecule has 0 saturated carbocycles. The summed E-state index contributed by atoms with van der Waals surface area (Å²) in [5.41, 5.74) is 9.35. The summed E-state index contributed by atoms with van der Waals surface area (Å²) in [6, 6.07) is 12.6. The van der Waals surface area contributed by atoms with Gasteiger partial charge in [0.25, 0.3) is 0 Å². The van der Waals surface area contributed by atoms with Gasteiger partial charge in [-0.2, -0.15) is 0 Å². The molecule has 20 heavy (non-hydrogen) atoms. The second kappa shape index (κ2) is 5.54. The minimum Gasteiger partial charge on any atom is -0.399 e. The summed E-state index contributed by atoms with van der Waals surface area (Å²) >= 11 is 0. The molecule has 0 amide bonds. The Morgan fingerprint density at radius 1 is 1.05 bits per heavy atom. The number of hydrogen-bond donors (Lipinski definition) is 2. The van der Waals surface area contributed by atoms with Gasteiger partial charge in [-0.15, -0.1) is 0 Å². The van der Waals surface area contributed by atoms with Gasteiger partial charge in [0.2, 0.25) is 10.0 Å². The fraction of sp³-hybridized carbons (Fsp3) is 0.200. The molecule has 0 atom stereocenters. The molecule has 5 heteroatoms. The van der Waals surface area contributed by atoms with Crippen LogP contribution in [0.15, 0.2) is 42.5 Å². The fourth-order valence-electron chi connectivity index (χ4n) is 2.07. The SMILES string of the molecule is Cc1cccc(C)c1NS(=O)(=O)Cc1cccc(N)c1. The Morgan fingerprint density at radius 2 is 1.65 bits per heavy atom. The lowest BCUT2D eigenvalue weighted by Gasteiger charge is -2.13. The second-order valence-corrected chi connectivity index (χ2v) is 6.60. The molecule has 0 fully saturated rings. The summed E-state index contributed by atoms with van der Waals surface area (Å²) in [7, 11) is -3.45. The van der Waals surface area contributed by atoms with E-state index in [9.17, 15) is 8.42 Å². The molecule has 0 unspecified atom stereocenters. The zero-order valence-electron chi connectivity index (χ0n) is 11.6. The second-order valence-electron chi connectivity index (χ2n) is 4.87. The molecule has 3 N–H and O–H groups in total. The van der Waals surface area contributed by atoms with Crippen molar-refractivity contribution in [3.05, 3.63) is 59.2 Å². The molecule has 2 aromatic carbocycles. The first-order chi connectivity index (χ1) is 9.37. The Kier molecular flexibility index (Phi) is 3.99. The van der Waals surface area contributed by atoms with Crippen LogP contribution >= 0.6 is 0 Å². The monoisotopic (exact) mass is 290 g/mol. The molecule has 0 aromatic heterocycles. The minimum absolute atomic E-state index is 0.0915. The van der Waals surface area contributed by atoms with Gasteiger partial charge in [-0.1, -0.05) is 30.3 Å². The van der Waals surface area contributed by atoms with E-state index in [0.29, 0.717) is 16.9 Å². The number of hydrogen-bond acceptors (Lipinski definition) is 3. The maximum absolute atomic E-state index is 12.2. The smallest absolute Gasteiger partial charge is 0.236 e. The zero-order chi connectivity index (χ0) is 14.8. The Bertz CT molecular complexity index is 704. The minimum atomic E-state index is -3.45. The van der Waals surface area contributed by atoms with Crippen molar-refractivity contribution in [2.45, 2.75) is 19.6 Å². The maximum atomic E-state index is 12.2. The van der Waals surface area contributed by atoms with Crippen molar-refractivity contribution in [1.82, 2.24) is 0 Å². The number of nitrogens with one attached hydrogen (secondary N) is 1. The number of benzene rings is 2. The summed E-state index contributed by atoms with van der Waals surface area (Å²) in [4.78, 5) is 0. The van der Waals surface area contributed by atoms with Crippen molar-refractivity contribution in [2.24, 2.45) is 0 Å². The van der Waals surface area contributed by atoms with Crippen molar-refractivity contribution in [1.29, 1.82) is 0 Å². The van der Waals surface area contributed by atoms with Crippen LogP contribution in [0.25, 0.3) is 0 Å². The van der Waals surface area contributed by atoms with Crippen LogP contribution < -0.4 is 10.5 Å². The third-order valence-corrected chi connectivity index (χ3v) is 4.27. The number of nitrogens with two attached hydrogens (primary N) is 1. The van der Waals surface area contributed by atoms with E-state index in [1.807, 2.05) is 32.0 Å². The molecule has 0 bridgehead atoms. The van der Waals surface area contributed by atoms with Crippen LogP contribution in [-0.2, 0) is 15.8 Å². The van der Waals surface area contributed by atoms with Crippen molar-refractivity contribution in [2.75, 3.05) is 10.5 Å². The van der Waals surface area contributed by atoms with Crippen LogP contribution in [0.2, 0.25) is 0 Å². The molecular weight excluding hydrogens is 272 g/mol. The first-order valence-corrected chi connectivity index (χ1v) is 7.94. The lowest BCUT2D eigenvalue weighted by molar-refractivity contribution is 0.600. The predicted molar refractivity (Wildman–Crippen MR) is 83.0 cm³/mol. The Balaban J connectivity index is 2.24. The van der Waals surface area contributed by atoms with E-state index < -0.39 is 10.0 Å². The third-order valence-electron chi connectivity index (χ3n) is 3.05. The summed E-state index contributed by atoms with van der Waals surface area (Å²) in [5, 5.41) is 0. The van der Waals surface area contributed by atoms with Crippen LogP contribution in [0, 0.1) is 13.8 Å². The number of anilines is 2. The van der Waals surface area contributed by atoms with Crippen LogP contribution in [0.4, 0.5) is 11.4 Å². The first kappa shape index (κ1) is 14.4. The molecule has 2 aromatic rings. The predicted octanol–water partition coefficient (Wildman–Crippen LogP) is 2.83. The Labute approximate surface area is 119 Å². The summed E-state index contributed by atoms with van der Waals surface area (Å²) in [6.07, 6.45) is 0. The van der Waals surface area contributed by atoms with E-state index in [1.165, 1.54) is 0 Å². The van der Waals surface area contributed by atoms with Gasteiger partial charge in [-0.05, 0) is 42.7 Å². The molecule has 2 rings (SSSR count). The van der Waals surface area contributed by atoms with Crippen molar-refractivity contribution < 1.29 is 8.42 Å². The molecule has 0 heterocycles. The van der Waals surface area contributed by atoms with E-state index in [4.69, 9.17) is 5.73 Å². The highest BCUT2D eigenvalue weighted by atomic mass is 32.2. The number of sulfonamides is 1. The van der Waals surface area contributed by atoms with Crippen molar-refractivity contribution in [3.63, 3.8) is 0 Å². The number of rotatable bonds is 4. The lowest BCUT2D eigenvalue weighted by atomic mass is 10.1. The van der Waals surface area contributed by atoms with Crippen LogP contribution in [-0.4, -0.2) is 8.42 Å². The van der Waals surface area contributed by atoms with Gasteiger partial charge in [0, 0.05) is 5.69 Å². The van der Waals surface area contributed by atoms with E-state index in [1.54, 1.807) is 24.3 Å². The van der Waals surface area contributed by atoms with E-state index in [-0.39, 0.29) is 5.75 Å². The van der Waals surface area contributed by atoms with Crippen LogP contribution in [0.5, 0.6) is 0 Å². The molecule has 0 saturated heterocycles. The Morgan fingerprint density at radius 3 is 2.25 bits per heavy atom. The fourth-order valence-corrected chi connectivity index (χ4v) is 3.39. The highest BCUT2D eigenvalue weighted by Gasteiger charge is 2.14. The lowest BCUT2D eigenvalue weighted by Crippen LogP contribution is -2.16. The highest BCUT2D eigenvalue weighted by Crippen LogP contribution is 2.22. The molecule has 0 aliphatic rings. The molecule has 0 radical (unpaired) electrons. The summed E-state index contributed by atoms with van der Waals surface area (Å²) < 4.78 is 27.1. The van der Waals surface area contributed by atoms with E-state index in [0.717, 1.165) is 11.1 Å². The number of aryl methyl sites for hydroxylation is 2.